The van der Waals surface area contributed by atoms with Crippen molar-refractivity contribution in [2.75, 3.05) is 26.9 Å². The van der Waals surface area contributed by atoms with Gasteiger partial charge in [-0.25, -0.2) is 9.37 Å². The molecule has 10 heteroatoms. The second-order valence-corrected chi connectivity index (χ2v) is 12.1. The maximum Gasteiger partial charge on any atom is 0.266 e. The van der Waals surface area contributed by atoms with E-state index in [2.05, 4.69) is 9.98 Å². The molecule has 0 N–H and O–H groups in total. The first-order valence-corrected chi connectivity index (χ1v) is 16.5. The van der Waals surface area contributed by atoms with E-state index in [1.807, 2.05) is 23.2 Å². The van der Waals surface area contributed by atoms with Crippen LogP contribution < -0.4 is 19.8 Å². The molecule has 0 saturated carbocycles. The number of aromatic nitrogens is 2. The molecule has 246 valence electrons. The summed E-state index contributed by atoms with van der Waals surface area (Å²) in [7, 11) is 1.59. The molecule has 1 amide bonds. The van der Waals surface area contributed by atoms with Gasteiger partial charge in [-0.2, -0.15) is 0 Å². The smallest absolute Gasteiger partial charge is 0.266 e. The van der Waals surface area contributed by atoms with Crippen molar-refractivity contribution in [3.05, 3.63) is 82.2 Å². The Bertz CT molecular complexity index is 1820. The van der Waals surface area contributed by atoms with E-state index in [1.54, 1.807) is 44.4 Å². The summed E-state index contributed by atoms with van der Waals surface area (Å²) in [5.41, 5.74) is 2.17. The summed E-state index contributed by atoms with van der Waals surface area (Å²) in [4.78, 5) is 37.4. The Morgan fingerprint density at radius 3 is 2.34 bits per heavy atom. The molecule has 3 aromatic carbocycles. The topological polar surface area (TPSA) is 95.2 Å². The highest BCUT2D eigenvalue weighted by molar-refractivity contribution is 6.03. The van der Waals surface area contributed by atoms with E-state index < -0.39 is 0 Å². The first-order chi connectivity index (χ1) is 22.9. The van der Waals surface area contributed by atoms with Gasteiger partial charge >= 0.3 is 0 Å². The number of carbonyl (C=O) groups excluding carboxylic acids is 1. The number of nitrogens with zero attached hydrogens (tertiary/aromatic N) is 4. The molecule has 2 aliphatic heterocycles. The highest BCUT2D eigenvalue weighted by atomic mass is 19.1. The minimum atomic E-state index is -0.357. The third-order valence-electron chi connectivity index (χ3n) is 8.87. The molecule has 0 unspecified atom stereocenters. The van der Waals surface area contributed by atoms with Gasteiger partial charge in [0.05, 0.1) is 54.2 Å². The summed E-state index contributed by atoms with van der Waals surface area (Å²) in [5.74, 6) is 2.00. The van der Waals surface area contributed by atoms with Crippen LogP contribution in [0.3, 0.4) is 0 Å². The fourth-order valence-corrected chi connectivity index (χ4v) is 6.34. The lowest BCUT2D eigenvalue weighted by Crippen LogP contribution is -2.35. The van der Waals surface area contributed by atoms with E-state index in [4.69, 9.17) is 14.2 Å². The van der Waals surface area contributed by atoms with E-state index in [0.717, 1.165) is 64.3 Å². The highest BCUT2D eigenvalue weighted by Crippen LogP contribution is 2.38. The molecule has 0 spiro atoms. The average molecular weight is 641 g/mol. The molecule has 1 saturated heterocycles. The number of halogens is 1. The fourth-order valence-electron chi connectivity index (χ4n) is 6.34. The van der Waals surface area contributed by atoms with Crippen molar-refractivity contribution in [3.8, 4) is 22.9 Å². The van der Waals surface area contributed by atoms with Crippen molar-refractivity contribution >= 4 is 28.7 Å². The van der Waals surface area contributed by atoms with Crippen molar-refractivity contribution in [1.82, 2.24) is 14.5 Å². The molecule has 9 nitrogen and oxygen atoms in total. The van der Waals surface area contributed by atoms with Gasteiger partial charge in [-0.05, 0) is 81.1 Å². The largest absolute Gasteiger partial charge is 0.494 e. The maximum absolute atomic E-state index is 13.4. The molecule has 4 aromatic rings. The first-order valence-electron chi connectivity index (χ1n) is 16.5. The minimum Gasteiger partial charge on any atom is -0.494 e. The number of aryl methyl sites for hydroxylation is 1. The number of carbonyl (C=O) groups is 1. The van der Waals surface area contributed by atoms with E-state index >= 15 is 0 Å². The predicted molar refractivity (Wildman–Crippen MR) is 181 cm³/mol. The monoisotopic (exact) mass is 640 g/mol. The van der Waals surface area contributed by atoms with E-state index in [1.165, 1.54) is 16.7 Å². The van der Waals surface area contributed by atoms with Gasteiger partial charge in [0.2, 0.25) is 0 Å². The number of unbranched alkanes of at least 4 members (excludes halogenated alkanes) is 6. The summed E-state index contributed by atoms with van der Waals surface area (Å²) >= 11 is 0. The number of hydrogen-bond acceptors (Lipinski definition) is 7. The third-order valence-corrected chi connectivity index (χ3v) is 8.87. The Morgan fingerprint density at radius 1 is 0.872 bits per heavy atom. The van der Waals surface area contributed by atoms with Crippen molar-refractivity contribution in [1.29, 1.82) is 0 Å². The van der Waals surface area contributed by atoms with Crippen LogP contribution in [-0.4, -0.2) is 59.5 Å². The van der Waals surface area contributed by atoms with Crippen molar-refractivity contribution in [2.24, 2.45) is 4.99 Å². The van der Waals surface area contributed by atoms with Crippen molar-refractivity contribution in [3.63, 3.8) is 0 Å². The molecule has 6 rings (SSSR count). The summed E-state index contributed by atoms with van der Waals surface area (Å²) in [6.07, 6.45) is 11.2. The van der Waals surface area contributed by atoms with Crippen molar-refractivity contribution < 1.29 is 23.4 Å². The molecule has 47 heavy (non-hydrogen) atoms. The Morgan fingerprint density at radius 2 is 1.60 bits per heavy atom. The number of fused-ring (bicyclic) bond motifs is 3. The molecule has 1 aromatic heterocycles. The Balaban J connectivity index is 0.901. The van der Waals surface area contributed by atoms with E-state index in [0.29, 0.717) is 64.1 Å². The number of rotatable bonds is 14. The zero-order valence-corrected chi connectivity index (χ0v) is 27.0. The molecular formula is C37H41FN4O5. The SMILES string of the molecule is COc1cc2c(cc1OCCCCCCCCCOc1ccc3nc(C)n(-c4ccc(F)cc4)c(=O)c3c1)N=C[C@@H]1CCCN1C2=O. The highest BCUT2D eigenvalue weighted by Gasteiger charge is 2.32. The summed E-state index contributed by atoms with van der Waals surface area (Å²) in [6.45, 7) is 3.67. The van der Waals surface area contributed by atoms with Gasteiger partial charge in [0.25, 0.3) is 11.5 Å². The van der Waals surface area contributed by atoms with Gasteiger partial charge in [-0.15, -0.1) is 0 Å². The van der Waals surface area contributed by atoms with Crippen LogP contribution in [0.5, 0.6) is 17.2 Å². The maximum atomic E-state index is 13.4. The lowest BCUT2D eigenvalue weighted by Gasteiger charge is -2.20. The molecule has 2 aliphatic rings. The van der Waals surface area contributed by atoms with Crippen LogP contribution in [0.1, 0.15) is 74.0 Å². The number of ether oxygens (including phenoxy) is 3. The quantitative estimate of drug-likeness (QED) is 0.134. The lowest BCUT2D eigenvalue weighted by atomic mass is 10.1. The summed E-state index contributed by atoms with van der Waals surface area (Å²) in [5, 5.41) is 0.464. The summed E-state index contributed by atoms with van der Waals surface area (Å²) < 4.78 is 32.5. The van der Waals surface area contributed by atoms with Crippen LogP contribution in [0, 0.1) is 12.7 Å². The van der Waals surface area contributed by atoms with Crippen LogP contribution in [-0.2, 0) is 0 Å². The Kier molecular flexibility index (Phi) is 10.1. The fraction of sp³-hybridized carbons (Fsp3) is 0.405. The van der Waals surface area contributed by atoms with Crippen LogP contribution in [0.25, 0.3) is 16.6 Å². The van der Waals surface area contributed by atoms with Gasteiger partial charge in [-0.3, -0.25) is 19.1 Å². The number of hydrogen-bond donors (Lipinski definition) is 0. The van der Waals surface area contributed by atoms with Gasteiger partial charge in [0.15, 0.2) is 11.5 Å². The molecule has 1 atom stereocenters. The zero-order chi connectivity index (χ0) is 32.8. The molecular weight excluding hydrogens is 599 g/mol. The Labute approximate surface area is 274 Å². The second-order valence-electron chi connectivity index (χ2n) is 12.1. The second kappa shape index (κ2) is 14.8. The predicted octanol–water partition coefficient (Wildman–Crippen LogP) is 7.35. The van der Waals surface area contributed by atoms with Crippen LogP contribution in [0.15, 0.2) is 64.4 Å². The third kappa shape index (κ3) is 7.32. The molecule has 1 fully saturated rings. The number of benzene rings is 3. The normalized spacial score (nSPS) is 15.4. The molecule has 0 bridgehead atoms. The average Bonchev–Trinajstić information content (AvgIpc) is 3.51. The van der Waals surface area contributed by atoms with Gasteiger partial charge < -0.3 is 19.1 Å². The number of aliphatic imine (C=N–C) groups is 1. The lowest BCUT2D eigenvalue weighted by molar-refractivity contribution is 0.0774. The van der Waals surface area contributed by atoms with Gasteiger partial charge in [0, 0.05) is 18.8 Å². The first kappa shape index (κ1) is 32.2. The number of methoxy groups -OCH3 is 1. The summed E-state index contributed by atoms with van der Waals surface area (Å²) in [6, 6.07) is 14.9. The van der Waals surface area contributed by atoms with E-state index in [9.17, 15) is 14.0 Å². The van der Waals surface area contributed by atoms with Crippen LogP contribution in [0.2, 0.25) is 0 Å². The van der Waals surface area contributed by atoms with Crippen LogP contribution in [0.4, 0.5) is 10.1 Å². The van der Waals surface area contributed by atoms with Crippen molar-refractivity contribution in [2.45, 2.75) is 70.8 Å². The molecule has 0 radical (unpaired) electrons. The van der Waals surface area contributed by atoms with Gasteiger partial charge in [0.1, 0.15) is 17.4 Å². The standard InChI is InChI=1S/C37H41FN4O5/c1-25-40-32-17-16-29(21-30(32)37(44)42(25)27-14-12-26(38)13-15-27)46-19-8-6-4-3-5-7-9-20-47-35-23-33-31(22-34(35)45-2)36(43)41-18-10-11-28(41)24-39-33/h12-17,21-24,28H,3-11,18-20H2,1-2H3/t28-/m0/s1. The molecule has 0 aliphatic carbocycles. The minimum absolute atomic E-state index is 0.00724. The van der Waals surface area contributed by atoms with Crippen LogP contribution >= 0.6 is 0 Å². The molecule has 3 heterocycles. The zero-order valence-electron chi connectivity index (χ0n) is 27.0. The van der Waals surface area contributed by atoms with Gasteiger partial charge in [-0.1, -0.05) is 32.1 Å². The van der Waals surface area contributed by atoms with E-state index in [-0.39, 0.29) is 23.3 Å². The Hall–Kier alpha value is -4.73. The number of amides is 1.